The maximum atomic E-state index is 11.1. The van der Waals surface area contributed by atoms with Crippen LogP contribution in [-0.2, 0) is 4.74 Å². The lowest BCUT2D eigenvalue weighted by molar-refractivity contribution is 0.0601. The average Bonchev–Trinajstić information content (AvgIpc) is 2.26. The number of hydrogen-bond acceptors (Lipinski definition) is 3. The van der Waals surface area contributed by atoms with Gasteiger partial charge >= 0.3 is 5.97 Å². The van der Waals surface area contributed by atoms with E-state index in [2.05, 4.69) is 16.6 Å². The van der Waals surface area contributed by atoms with E-state index < -0.39 is 0 Å². The van der Waals surface area contributed by atoms with Crippen molar-refractivity contribution in [2.45, 2.75) is 0 Å². The maximum absolute atomic E-state index is 11.1. The topological polar surface area (TPSA) is 38.3 Å². The van der Waals surface area contributed by atoms with E-state index in [9.17, 15) is 4.79 Å². The highest BCUT2D eigenvalue weighted by molar-refractivity contribution is 5.89. The fraction of sp³-hybridized carbons (Fsp3) is 0.182. The van der Waals surface area contributed by atoms with Crippen molar-refractivity contribution in [3.8, 4) is 0 Å². The van der Waals surface area contributed by atoms with E-state index in [1.54, 1.807) is 18.2 Å². The highest BCUT2D eigenvalue weighted by atomic mass is 16.5. The zero-order chi connectivity index (χ0) is 10.4. The minimum atomic E-state index is -0.319. The summed E-state index contributed by atoms with van der Waals surface area (Å²) in [4.78, 5) is 11.1. The summed E-state index contributed by atoms with van der Waals surface area (Å²) in [6, 6.07) is 7.10. The second-order valence-corrected chi connectivity index (χ2v) is 2.74. The number of esters is 1. The summed E-state index contributed by atoms with van der Waals surface area (Å²) in [5.74, 6) is -0.319. The number of nitrogens with one attached hydrogen (secondary N) is 1. The number of hydrogen-bond donors (Lipinski definition) is 1. The van der Waals surface area contributed by atoms with Crippen LogP contribution in [0.1, 0.15) is 10.4 Å². The van der Waals surface area contributed by atoms with Crippen LogP contribution in [0, 0.1) is 0 Å². The molecular formula is C11H13NO2. The number of rotatable bonds is 4. The van der Waals surface area contributed by atoms with Crippen LogP contribution in [-0.4, -0.2) is 19.6 Å². The number of anilines is 1. The molecule has 0 aromatic heterocycles. The molecule has 3 heteroatoms. The van der Waals surface area contributed by atoms with Gasteiger partial charge in [-0.2, -0.15) is 0 Å². The Morgan fingerprint density at radius 3 is 2.64 bits per heavy atom. The molecule has 74 valence electrons. The normalized spacial score (nSPS) is 9.21. The third-order valence-electron chi connectivity index (χ3n) is 1.76. The predicted octanol–water partition coefficient (Wildman–Crippen LogP) is 2.07. The lowest BCUT2D eigenvalue weighted by Crippen LogP contribution is -2.02. The standard InChI is InChI=1S/C11H13NO2/c1-3-8-12-10-6-4-9(5-7-10)11(13)14-2/h3-7,12H,1,8H2,2H3. The first-order chi connectivity index (χ1) is 6.77. The van der Waals surface area contributed by atoms with Gasteiger partial charge in [-0.1, -0.05) is 6.08 Å². The van der Waals surface area contributed by atoms with Crippen LogP contribution in [0.15, 0.2) is 36.9 Å². The molecule has 0 amide bonds. The smallest absolute Gasteiger partial charge is 0.337 e. The number of carbonyl (C=O) groups excluding carboxylic acids is 1. The molecular weight excluding hydrogens is 178 g/mol. The fourth-order valence-electron chi connectivity index (χ4n) is 1.03. The van der Waals surface area contributed by atoms with Gasteiger partial charge in [-0.25, -0.2) is 4.79 Å². The lowest BCUT2D eigenvalue weighted by atomic mass is 10.2. The van der Waals surface area contributed by atoms with Gasteiger partial charge in [0.1, 0.15) is 0 Å². The molecule has 0 radical (unpaired) electrons. The van der Waals surface area contributed by atoms with Crippen molar-refractivity contribution in [1.82, 2.24) is 0 Å². The van der Waals surface area contributed by atoms with Gasteiger partial charge in [-0.3, -0.25) is 0 Å². The Morgan fingerprint density at radius 1 is 1.50 bits per heavy atom. The number of benzene rings is 1. The van der Waals surface area contributed by atoms with E-state index >= 15 is 0 Å². The van der Waals surface area contributed by atoms with Gasteiger partial charge in [0.25, 0.3) is 0 Å². The number of methoxy groups -OCH3 is 1. The van der Waals surface area contributed by atoms with Gasteiger partial charge in [0.05, 0.1) is 12.7 Å². The van der Waals surface area contributed by atoms with Gasteiger partial charge < -0.3 is 10.1 Å². The second-order valence-electron chi connectivity index (χ2n) is 2.74. The van der Waals surface area contributed by atoms with E-state index in [-0.39, 0.29) is 5.97 Å². The molecule has 0 spiro atoms. The zero-order valence-corrected chi connectivity index (χ0v) is 8.12. The summed E-state index contributed by atoms with van der Waals surface area (Å²) in [5, 5.41) is 3.11. The Kier molecular flexibility index (Phi) is 3.73. The van der Waals surface area contributed by atoms with E-state index in [1.165, 1.54) is 7.11 Å². The Labute approximate surface area is 83.4 Å². The van der Waals surface area contributed by atoms with Gasteiger partial charge in [0.15, 0.2) is 0 Å². The molecule has 0 heterocycles. The van der Waals surface area contributed by atoms with Crippen LogP contribution in [0.25, 0.3) is 0 Å². The first kappa shape index (κ1) is 10.3. The molecule has 3 nitrogen and oxygen atoms in total. The van der Waals surface area contributed by atoms with Gasteiger partial charge in [-0.15, -0.1) is 6.58 Å². The van der Waals surface area contributed by atoms with Crippen LogP contribution in [0.4, 0.5) is 5.69 Å². The van der Waals surface area contributed by atoms with Gasteiger partial charge in [0.2, 0.25) is 0 Å². The molecule has 1 N–H and O–H groups in total. The molecule has 0 aliphatic carbocycles. The van der Waals surface area contributed by atoms with Crippen LogP contribution in [0.3, 0.4) is 0 Å². The average molecular weight is 191 g/mol. The van der Waals surface area contributed by atoms with E-state index in [0.717, 1.165) is 5.69 Å². The first-order valence-corrected chi connectivity index (χ1v) is 4.31. The molecule has 0 aliphatic heterocycles. The molecule has 14 heavy (non-hydrogen) atoms. The summed E-state index contributed by atoms with van der Waals surface area (Å²) < 4.78 is 4.58. The highest BCUT2D eigenvalue weighted by Gasteiger charge is 2.03. The third kappa shape index (κ3) is 2.62. The first-order valence-electron chi connectivity index (χ1n) is 4.31. The SMILES string of the molecule is C=CCNc1ccc(C(=O)OC)cc1. The van der Waals surface area contributed by atoms with Crippen molar-refractivity contribution in [1.29, 1.82) is 0 Å². The molecule has 0 unspecified atom stereocenters. The van der Waals surface area contributed by atoms with Crippen LogP contribution in [0.5, 0.6) is 0 Å². The monoisotopic (exact) mass is 191 g/mol. The van der Waals surface area contributed by atoms with Gasteiger partial charge in [-0.05, 0) is 24.3 Å². The Bertz CT molecular complexity index is 317. The molecule has 1 rings (SSSR count). The molecule has 0 bridgehead atoms. The van der Waals surface area contributed by atoms with E-state index in [0.29, 0.717) is 12.1 Å². The van der Waals surface area contributed by atoms with Gasteiger partial charge in [0, 0.05) is 12.2 Å². The van der Waals surface area contributed by atoms with Crippen LogP contribution >= 0.6 is 0 Å². The van der Waals surface area contributed by atoms with Crippen molar-refractivity contribution >= 4 is 11.7 Å². The molecule has 0 fully saturated rings. The minimum Gasteiger partial charge on any atom is -0.465 e. The molecule has 0 saturated heterocycles. The Hall–Kier alpha value is -1.77. The summed E-state index contributed by atoms with van der Waals surface area (Å²) in [5.41, 5.74) is 1.51. The molecule has 0 aliphatic rings. The van der Waals surface area contributed by atoms with Crippen LogP contribution < -0.4 is 5.32 Å². The van der Waals surface area contributed by atoms with Crippen molar-refractivity contribution in [3.63, 3.8) is 0 Å². The zero-order valence-electron chi connectivity index (χ0n) is 8.12. The summed E-state index contributed by atoms with van der Waals surface area (Å²) in [7, 11) is 1.37. The van der Waals surface area contributed by atoms with Crippen LogP contribution in [0.2, 0.25) is 0 Å². The minimum absolute atomic E-state index is 0.319. The third-order valence-corrected chi connectivity index (χ3v) is 1.76. The van der Waals surface area contributed by atoms with Crippen molar-refractivity contribution in [3.05, 3.63) is 42.5 Å². The molecule has 0 atom stereocenters. The largest absolute Gasteiger partial charge is 0.465 e. The van der Waals surface area contributed by atoms with Crippen molar-refractivity contribution < 1.29 is 9.53 Å². The highest BCUT2D eigenvalue weighted by Crippen LogP contribution is 2.09. The predicted molar refractivity (Wildman–Crippen MR) is 56.5 cm³/mol. The molecule has 1 aromatic rings. The van der Waals surface area contributed by atoms with Crippen molar-refractivity contribution in [2.75, 3.05) is 19.0 Å². The summed E-state index contributed by atoms with van der Waals surface area (Å²) in [6.07, 6.45) is 1.77. The van der Waals surface area contributed by atoms with Crippen molar-refractivity contribution in [2.24, 2.45) is 0 Å². The summed E-state index contributed by atoms with van der Waals surface area (Å²) >= 11 is 0. The second kappa shape index (κ2) is 5.07. The maximum Gasteiger partial charge on any atom is 0.337 e. The number of carbonyl (C=O) groups is 1. The molecule has 1 aromatic carbocycles. The van der Waals surface area contributed by atoms with E-state index in [4.69, 9.17) is 0 Å². The fourth-order valence-corrected chi connectivity index (χ4v) is 1.03. The van der Waals surface area contributed by atoms with E-state index in [1.807, 2.05) is 12.1 Å². The Morgan fingerprint density at radius 2 is 2.14 bits per heavy atom. The number of ether oxygens (including phenoxy) is 1. The summed E-state index contributed by atoms with van der Waals surface area (Å²) in [6.45, 7) is 4.30. The Balaban J connectivity index is 2.68. The quantitative estimate of drug-likeness (QED) is 0.585. The molecule has 0 saturated carbocycles. The lowest BCUT2D eigenvalue weighted by Gasteiger charge is -2.03.